The second-order valence-corrected chi connectivity index (χ2v) is 7.32. The zero-order valence-corrected chi connectivity index (χ0v) is 14.2. The summed E-state index contributed by atoms with van der Waals surface area (Å²) in [5.41, 5.74) is 6.76. The number of hydrogen-bond acceptors (Lipinski definition) is 4. The average Bonchev–Trinajstić information content (AvgIpc) is 2.44. The molecule has 0 aliphatic carbocycles. The number of nitrogens with zero attached hydrogens (tertiary/aromatic N) is 1. The number of benzene rings is 1. The molecular formula is C15H27N3O2S. The van der Waals surface area contributed by atoms with Gasteiger partial charge in [0.1, 0.15) is 4.90 Å². The summed E-state index contributed by atoms with van der Waals surface area (Å²) in [7, 11) is -1.57. The van der Waals surface area contributed by atoms with Crippen LogP contribution < -0.4 is 15.4 Å². The maximum atomic E-state index is 12.2. The Labute approximate surface area is 128 Å². The average molecular weight is 313 g/mol. The number of anilines is 1. The van der Waals surface area contributed by atoms with Crippen molar-refractivity contribution in [2.75, 3.05) is 25.0 Å². The second kappa shape index (κ2) is 7.77. The maximum absolute atomic E-state index is 12.2. The van der Waals surface area contributed by atoms with Crippen molar-refractivity contribution in [1.29, 1.82) is 0 Å². The zero-order valence-electron chi connectivity index (χ0n) is 13.3. The van der Waals surface area contributed by atoms with Gasteiger partial charge in [-0.25, -0.2) is 13.1 Å². The summed E-state index contributed by atoms with van der Waals surface area (Å²) in [6.07, 6.45) is 0.823. The first-order valence-electron chi connectivity index (χ1n) is 7.35. The van der Waals surface area contributed by atoms with E-state index in [-0.39, 0.29) is 6.04 Å². The van der Waals surface area contributed by atoms with Crippen molar-refractivity contribution in [3.8, 4) is 0 Å². The lowest BCUT2D eigenvalue weighted by Gasteiger charge is -2.25. The van der Waals surface area contributed by atoms with Gasteiger partial charge in [-0.1, -0.05) is 32.9 Å². The highest BCUT2D eigenvalue weighted by molar-refractivity contribution is 7.89. The van der Waals surface area contributed by atoms with Crippen LogP contribution in [0.1, 0.15) is 27.2 Å². The number of sulfonamides is 1. The van der Waals surface area contributed by atoms with Gasteiger partial charge in [-0.05, 0) is 24.5 Å². The SMILES string of the molecule is CCNS(=O)(=O)c1ccccc1N(C)CCC(N)C(C)C. The molecule has 0 aliphatic heterocycles. The first kappa shape index (κ1) is 17.9. The topological polar surface area (TPSA) is 75.4 Å². The lowest BCUT2D eigenvalue weighted by atomic mass is 10.0. The Kier molecular flexibility index (Phi) is 6.64. The van der Waals surface area contributed by atoms with E-state index in [1.165, 1.54) is 0 Å². The molecule has 0 amide bonds. The highest BCUT2D eigenvalue weighted by Crippen LogP contribution is 2.24. The number of rotatable bonds is 8. The van der Waals surface area contributed by atoms with Crippen LogP contribution in [0.5, 0.6) is 0 Å². The van der Waals surface area contributed by atoms with E-state index in [0.29, 0.717) is 23.0 Å². The Morgan fingerprint density at radius 3 is 2.48 bits per heavy atom. The van der Waals surface area contributed by atoms with Gasteiger partial charge in [0.05, 0.1) is 5.69 Å². The molecule has 5 nitrogen and oxygen atoms in total. The van der Waals surface area contributed by atoms with Gasteiger partial charge < -0.3 is 10.6 Å². The molecule has 1 rings (SSSR count). The van der Waals surface area contributed by atoms with Gasteiger partial charge in [0.25, 0.3) is 0 Å². The standard InChI is InChI=1S/C15H27N3O2S/c1-5-17-21(19,20)15-9-7-6-8-14(15)18(4)11-10-13(16)12(2)3/h6-9,12-13,17H,5,10-11,16H2,1-4H3. The Bertz CT molecular complexity index is 544. The molecule has 6 heteroatoms. The Balaban J connectivity index is 2.93. The molecule has 120 valence electrons. The molecule has 0 fully saturated rings. The number of hydrogen-bond donors (Lipinski definition) is 2. The van der Waals surface area contributed by atoms with Crippen LogP contribution in [0.3, 0.4) is 0 Å². The van der Waals surface area contributed by atoms with Crippen LogP contribution in [0.4, 0.5) is 5.69 Å². The quantitative estimate of drug-likeness (QED) is 0.767. The van der Waals surface area contributed by atoms with E-state index in [0.717, 1.165) is 13.0 Å². The summed E-state index contributed by atoms with van der Waals surface area (Å²) in [5, 5.41) is 0. The lowest BCUT2D eigenvalue weighted by molar-refractivity contribution is 0.466. The first-order valence-corrected chi connectivity index (χ1v) is 8.83. The third-order valence-corrected chi connectivity index (χ3v) is 5.15. The first-order chi connectivity index (χ1) is 9.79. The largest absolute Gasteiger partial charge is 0.373 e. The minimum absolute atomic E-state index is 0.116. The van der Waals surface area contributed by atoms with Crippen LogP contribution in [0.15, 0.2) is 29.2 Å². The Morgan fingerprint density at radius 1 is 1.29 bits per heavy atom. The van der Waals surface area contributed by atoms with Gasteiger partial charge >= 0.3 is 0 Å². The van der Waals surface area contributed by atoms with E-state index in [1.807, 2.05) is 24.1 Å². The molecule has 0 radical (unpaired) electrons. The zero-order chi connectivity index (χ0) is 16.0. The van der Waals surface area contributed by atoms with Crippen LogP contribution in [0.25, 0.3) is 0 Å². The van der Waals surface area contributed by atoms with Gasteiger partial charge in [-0.15, -0.1) is 0 Å². The third-order valence-electron chi connectivity index (χ3n) is 3.55. The van der Waals surface area contributed by atoms with Crippen LogP contribution in [0, 0.1) is 5.92 Å². The molecule has 0 spiro atoms. The molecule has 21 heavy (non-hydrogen) atoms. The molecule has 1 aromatic rings. The van der Waals surface area contributed by atoms with Crippen molar-refractivity contribution in [3.63, 3.8) is 0 Å². The predicted octanol–water partition coefficient (Wildman–Crippen LogP) is 1.79. The fourth-order valence-corrected chi connectivity index (χ4v) is 3.36. The van der Waals surface area contributed by atoms with E-state index < -0.39 is 10.0 Å². The molecule has 0 aliphatic rings. The van der Waals surface area contributed by atoms with Crippen molar-refractivity contribution in [1.82, 2.24) is 4.72 Å². The highest BCUT2D eigenvalue weighted by Gasteiger charge is 2.19. The van der Waals surface area contributed by atoms with Gasteiger partial charge in [0.15, 0.2) is 0 Å². The molecule has 1 unspecified atom stereocenters. The van der Waals surface area contributed by atoms with Gasteiger partial charge in [-0.2, -0.15) is 0 Å². The monoisotopic (exact) mass is 313 g/mol. The van der Waals surface area contributed by atoms with E-state index in [9.17, 15) is 8.42 Å². The van der Waals surface area contributed by atoms with Crippen molar-refractivity contribution in [2.24, 2.45) is 11.7 Å². The van der Waals surface area contributed by atoms with Crippen molar-refractivity contribution >= 4 is 15.7 Å². The molecule has 1 aromatic carbocycles. The van der Waals surface area contributed by atoms with E-state index >= 15 is 0 Å². The van der Waals surface area contributed by atoms with Crippen LogP contribution in [-0.4, -0.2) is 34.6 Å². The molecule has 0 aromatic heterocycles. The minimum Gasteiger partial charge on any atom is -0.373 e. The smallest absolute Gasteiger partial charge is 0.242 e. The molecule has 0 heterocycles. The van der Waals surface area contributed by atoms with Crippen molar-refractivity contribution in [2.45, 2.75) is 38.1 Å². The fraction of sp³-hybridized carbons (Fsp3) is 0.600. The molecular weight excluding hydrogens is 286 g/mol. The second-order valence-electron chi connectivity index (χ2n) is 5.59. The fourth-order valence-electron chi connectivity index (χ4n) is 2.06. The lowest BCUT2D eigenvalue weighted by Crippen LogP contribution is -2.33. The van der Waals surface area contributed by atoms with Crippen LogP contribution in [-0.2, 0) is 10.0 Å². The van der Waals surface area contributed by atoms with Gasteiger partial charge in [0.2, 0.25) is 10.0 Å². The van der Waals surface area contributed by atoms with Crippen molar-refractivity contribution < 1.29 is 8.42 Å². The Morgan fingerprint density at radius 2 is 1.90 bits per heavy atom. The normalized spacial score (nSPS) is 13.4. The third kappa shape index (κ3) is 4.98. The summed E-state index contributed by atoms with van der Waals surface area (Å²) in [5.74, 6) is 0.416. The summed E-state index contributed by atoms with van der Waals surface area (Å²) in [6, 6.07) is 7.16. The number of nitrogens with one attached hydrogen (secondary N) is 1. The van der Waals surface area contributed by atoms with Gasteiger partial charge in [-0.3, -0.25) is 0 Å². The van der Waals surface area contributed by atoms with E-state index in [4.69, 9.17) is 5.73 Å². The van der Waals surface area contributed by atoms with E-state index in [1.54, 1.807) is 19.1 Å². The van der Waals surface area contributed by atoms with Gasteiger partial charge in [0, 0.05) is 26.2 Å². The van der Waals surface area contributed by atoms with Crippen molar-refractivity contribution in [3.05, 3.63) is 24.3 Å². The number of para-hydroxylation sites is 1. The molecule has 3 N–H and O–H groups in total. The highest BCUT2D eigenvalue weighted by atomic mass is 32.2. The molecule has 1 atom stereocenters. The van der Waals surface area contributed by atoms with E-state index in [2.05, 4.69) is 18.6 Å². The summed E-state index contributed by atoms with van der Waals surface area (Å²) in [6.45, 7) is 7.05. The summed E-state index contributed by atoms with van der Waals surface area (Å²) >= 11 is 0. The molecule has 0 saturated carbocycles. The molecule has 0 saturated heterocycles. The predicted molar refractivity (Wildman–Crippen MR) is 88.0 cm³/mol. The van der Waals surface area contributed by atoms with Crippen LogP contribution >= 0.6 is 0 Å². The summed E-state index contributed by atoms with van der Waals surface area (Å²) < 4.78 is 27.0. The van der Waals surface area contributed by atoms with Crippen LogP contribution in [0.2, 0.25) is 0 Å². The minimum atomic E-state index is -3.46. The number of nitrogens with two attached hydrogens (primary N) is 1. The molecule has 0 bridgehead atoms. The Hall–Kier alpha value is -1.11. The summed E-state index contributed by atoms with van der Waals surface area (Å²) in [4.78, 5) is 2.26. The maximum Gasteiger partial charge on any atom is 0.242 e.